The van der Waals surface area contributed by atoms with Gasteiger partial charge in [-0.1, -0.05) is 42.3 Å². The Morgan fingerprint density at radius 3 is 2.52 bits per heavy atom. The highest BCUT2D eigenvalue weighted by molar-refractivity contribution is 6.33. The Kier molecular flexibility index (Phi) is 4.60. The highest BCUT2D eigenvalue weighted by Gasteiger charge is 2.57. The number of rotatable bonds is 3. The molecular weight excluding hydrogens is 413 g/mol. The van der Waals surface area contributed by atoms with Crippen molar-refractivity contribution in [3.05, 3.63) is 58.6 Å². The molecule has 2 fully saturated rings. The van der Waals surface area contributed by atoms with E-state index < -0.39 is 5.79 Å². The molecule has 4 heterocycles. The first-order valence-electron chi connectivity index (χ1n) is 9.58. The Bertz CT molecular complexity index is 1050. The first kappa shape index (κ1) is 19.3. The maximum atomic E-state index is 6.54. The molecule has 0 radical (unpaired) electrons. The van der Waals surface area contributed by atoms with Gasteiger partial charge in [-0.15, -0.1) is 0 Å². The predicted octanol–water partition coefficient (Wildman–Crippen LogP) is 4.96. The third kappa shape index (κ3) is 3.23. The average Bonchev–Trinajstić information content (AvgIpc) is 3.33. The van der Waals surface area contributed by atoms with Gasteiger partial charge in [-0.25, -0.2) is 9.97 Å². The van der Waals surface area contributed by atoms with Gasteiger partial charge in [-0.3, -0.25) is 0 Å². The summed E-state index contributed by atoms with van der Waals surface area (Å²) in [5.41, 5.74) is 1.84. The smallest absolute Gasteiger partial charge is 0.164 e. The predicted molar refractivity (Wildman–Crippen MR) is 110 cm³/mol. The molecule has 0 amide bonds. The number of ether oxygens (including phenoxy) is 3. The van der Waals surface area contributed by atoms with Crippen LogP contribution in [0.3, 0.4) is 0 Å². The molecule has 5 atom stereocenters. The van der Waals surface area contributed by atoms with E-state index in [9.17, 15) is 0 Å². The summed E-state index contributed by atoms with van der Waals surface area (Å²) in [5, 5.41) is 1.90. The zero-order valence-corrected chi connectivity index (χ0v) is 17.8. The fraction of sp³-hybridized carbons (Fsp3) is 0.429. The van der Waals surface area contributed by atoms with Crippen LogP contribution in [-0.2, 0) is 14.2 Å². The molecule has 0 spiro atoms. The van der Waals surface area contributed by atoms with E-state index in [4.69, 9.17) is 37.4 Å². The molecule has 0 saturated carbocycles. The molecule has 3 aromatic rings. The third-order valence-electron chi connectivity index (χ3n) is 5.69. The van der Waals surface area contributed by atoms with Crippen molar-refractivity contribution >= 4 is 34.2 Å². The van der Waals surface area contributed by atoms with Crippen LogP contribution < -0.4 is 0 Å². The largest absolute Gasteiger partial charge is 0.348 e. The van der Waals surface area contributed by atoms with E-state index in [0.717, 1.165) is 10.9 Å². The van der Waals surface area contributed by atoms with Gasteiger partial charge in [0.25, 0.3) is 0 Å². The molecule has 5 rings (SSSR count). The zero-order valence-electron chi connectivity index (χ0n) is 16.3. The van der Waals surface area contributed by atoms with Crippen molar-refractivity contribution in [2.24, 2.45) is 0 Å². The summed E-state index contributed by atoms with van der Waals surface area (Å²) >= 11 is 12.3. The Morgan fingerprint density at radius 1 is 1.03 bits per heavy atom. The van der Waals surface area contributed by atoms with Crippen molar-refractivity contribution in [3.63, 3.8) is 0 Å². The molecule has 0 aliphatic carbocycles. The highest BCUT2D eigenvalue weighted by atomic mass is 35.5. The molecule has 0 N–H and O–H groups in total. The van der Waals surface area contributed by atoms with Gasteiger partial charge in [-0.2, -0.15) is 0 Å². The molecule has 8 heteroatoms. The van der Waals surface area contributed by atoms with Crippen molar-refractivity contribution in [1.82, 2.24) is 14.5 Å². The molecular formula is C21H21Cl2N3O3. The van der Waals surface area contributed by atoms with Crippen LogP contribution in [0.2, 0.25) is 10.2 Å². The molecule has 2 aromatic heterocycles. The van der Waals surface area contributed by atoms with Gasteiger partial charge in [0.1, 0.15) is 29.3 Å². The van der Waals surface area contributed by atoms with Crippen molar-refractivity contribution in [2.45, 2.75) is 57.0 Å². The van der Waals surface area contributed by atoms with Crippen molar-refractivity contribution in [1.29, 1.82) is 0 Å². The summed E-state index contributed by atoms with van der Waals surface area (Å²) in [6.45, 7) is 5.99. The summed E-state index contributed by atoms with van der Waals surface area (Å²) in [5.74, 6) is -0.604. The topological polar surface area (TPSA) is 58.4 Å². The first-order chi connectivity index (χ1) is 13.8. The third-order valence-corrected chi connectivity index (χ3v) is 6.24. The van der Waals surface area contributed by atoms with Crippen LogP contribution in [0.15, 0.2) is 42.9 Å². The standard InChI is InChI=1S/C21H21Cl2N3O3/c1-11(12-4-6-13(22)7-5-12)15-16-17(29-21(2,3)28-16)20(27-15)26-9-8-14-18(23)24-10-25-19(14)26/h4-11,15-17,20H,1-3H3/t11-,15+,16+,17+,20+/m0/s1. The number of fused-ring (bicyclic) bond motifs is 2. The average molecular weight is 434 g/mol. The molecule has 2 saturated heterocycles. The monoisotopic (exact) mass is 433 g/mol. The van der Waals surface area contributed by atoms with Gasteiger partial charge in [0.2, 0.25) is 0 Å². The first-order valence-corrected chi connectivity index (χ1v) is 10.3. The van der Waals surface area contributed by atoms with E-state index in [0.29, 0.717) is 15.8 Å². The van der Waals surface area contributed by atoms with Crippen LogP contribution >= 0.6 is 23.2 Å². The lowest BCUT2D eigenvalue weighted by Crippen LogP contribution is -2.33. The Balaban J connectivity index is 1.53. The summed E-state index contributed by atoms with van der Waals surface area (Å²) < 4.78 is 21.0. The quantitative estimate of drug-likeness (QED) is 0.546. The van der Waals surface area contributed by atoms with Crippen LogP contribution in [0.25, 0.3) is 11.0 Å². The molecule has 6 nitrogen and oxygen atoms in total. The van der Waals surface area contributed by atoms with E-state index in [1.807, 2.05) is 54.9 Å². The van der Waals surface area contributed by atoms with Gasteiger partial charge in [0, 0.05) is 17.1 Å². The van der Waals surface area contributed by atoms with Crippen LogP contribution in [-0.4, -0.2) is 38.6 Å². The summed E-state index contributed by atoms with van der Waals surface area (Å²) in [4.78, 5) is 8.47. The highest BCUT2D eigenvalue weighted by Crippen LogP contribution is 2.47. The van der Waals surface area contributed by atoms with Gasteiger partial charge in [0.05, 0.1) is 11.5 Å². The van der Waals surface area contributed by atoms with Crippen molar-refractivity contribution in [3.8, 4) is 0 Å². The summed E-state index contributed by atoms with van der Waals surface area (Å²) in [7, 11) is 0. The molecule has 0 bridgehead atoms. The van der Waals surface area contributed by atoms with E-state index in [2.05, 4.69) is 16.9 Å². The van der Waals surface area contributed by atoms with Gasteiger partial charge in [0.15, 0.2) is 12.0 Å². The number of hydrogen-bond acceptors (Lipinski definition) is 5. The number of nitrogens with zero attached hydrogens (tertiary/aromatic N) is 3. The van der Waals surface area contributed by atoms with Crippen molar-refractivity contribution in [2.75, 3.05) is 0 Å². The minimum Gasteiger partial charge on any atom is -0.348 e. The van der Waals surface area contributed by atoms with E-state index in [1.165, 1.54) is 6.33 Å². The normalized spacial score (nSPS) is 29.3. The maximum Gasteiger partial charge on any atom is 0.164 e. The second kappa shape index (κ2) is 6.93. The molecule has 152 valence electrons. The second-order valence-corrected chi connectivity index (χ2v) is 8.82. The van der Waals surface area contributed by atoms with Gasteiger partial charge < -0.3 is 18.8 Å². The zero-order chi connectivity index (χ0) is 20.3. The number of aromatic nitrogens is 3. The summed E-state index contributed by atoms with van der Waals surface area (Å²) in [6, 6.07) is 9.74. The lowest BCUT2D eigenvalue weighted by atomic mass is 9.91. The van der Waals surface area contributed by atoms with Crippen LogP contribution in [0.1, 0.15) is 38.5 Å². The SMILES string of the molecule is C[C@@H](c1ccc(Cl)cc1)[C@H]1O[C@@H](n2ccc3c(Cl)ncnc32)[C@@H]2OC(C)(C)O[C@@H]21. The molecule has 29 heavy (non-hydrogen) atoms. The minimum absolute atomic E-state index is 0.0855. The molecule has 2 aliphatic rings. The fourth-order valence-corrected chi connectivity index (χ4v) is 4.65. The van der Waals surface area contributed by atoms with E-state index >= 15 is 0 Å². The van der Waals surface area contributed by atoms with E-state index in [1.54, 1.807) is 0 Å². The molecule has 0 unspecified atom stereocenters. The fourth-order valence-electron chi connectivity index (χ4n) is 4.34. The van der Waals surface area contributed by atoms with Crippen LogP contribution in [0.4, 0.5) is 0 Å². The number of halogens is 2. The van der Waals surface area contributed by atoms with Gasteiger partial charge in [-0.05, 0) is 37.6 Å². The van der Waals surface area contributed by atoms with Crippen LogP contribution in [0.5, 0.6) is 0 Å². The Labute approximate surface area is 178 Å². The molecule has 2 aliphatic heterocycles. The maximum absolute atomic E-state index is 6.54. The molecule has 1 aromatic carbocycles. The Morgan fingerprint density at radius 2 is 1.76 bits per heavy atom. The Hall–Kier alpha value is -1.70. The van der Waals surface area contributed by atoms with E-state index in [-0.39, 0.29) is 30.5 Å². The number of hydrogen-bond donors (Lipinski definition) is 0. The lowest BCUT2D eigenvalue weighted by molar-refractivity contribution is -0.198. The second-order valence-electron chi connectivity index (χ2n) is 8.02. The van der Waals surface area contributed by atoms with Gasteiger partial charge >= 0.3 is 0 Å². The summed E-state index contributed by atoms with van der Waals surface area (Å²) in [6.07, 6.45) is 2.31. The lowest BCUT2D eigenvalue weighted by Gasteiger charge is -2.28. The minimum atomic E-state index is -0.690. The number of benzene rings is 1. The van der Waals surface area contributed by atoms with Crippen LogP contribution in [0, 0.1) is 0 Å². The van der Waals surface area contributed by atoms with Crippen molar-refractivity contribution < 1.29 is 14.2 Å².